The molecule has 0 bridgehead atoms. The van der Waals surface area contributed by atoms with Crippen LogP contribution < -0.4 is 10.9 Å². The summed E-state index contributed by atoms with van der Waals surface area (Å²) in [5.41, 5.74) is 1.04. The van der Waals surface area contributed by atoms with Crippen LogP contribution in [-0.4, -0.2) is 22.9 Å². The van der Waals surface area contributed by atoms with Crippen molar-refractivity contribution in [3.63, 3.8) is 0 Å². The van der Waals surface area contributed by atoms with Crippen molar-refractivity contribution in [2.24, 2.45) is 7.05 Å². The van der Waals surface area contributed by atoms with E-state index in [0.717, 1.165) is 11.0 Å². The number of aryl methyl sites for hydroxylation is 1. The van der Waals surface area contributed by atoms with Gasteiger partial charge in [0.15, 0.2) is 5.43 Å². The first kappa shape index (κ1) is 14.4. The van der Waals surface area contributed by atoms with Crippen LogP contribution in [0.2, 0.25) is 0 Å². The van der Waals surface area contributed by atoms with Crippen LogP contribution in [0.4, 0.5) is 0 Å². The summed E-state index contributed by atoms with van der Waals surface area (Å²) < 4.78 is 14.0. The van der Waals surface area contributed by atoms with Crippen molar-refractivity contribution < 1.29 is 9.31 Å². The number of hydrogen-bond donors (Lipinski definition) is 0. The lowest BCUT2D eigenvalue weighted by Gasteiger charge is -2.32. The van der Waals surface area contributed by atoms with Crippen LogP contribution in [0.3, 0.4) is 0 Å². The smallest absolute Gasteiger partial charge is 0.399 e. The Kier molecular flexibility index (Phi) is 3.04. The molecule has 0 atom stereocenters. The highest BCUT2D eigenvalue weighted by Gasteiger charge is 2.51. The van der Waals surface area contributed by atoms with Crippen LogP contribution in [0, 0.1) is 0 Å². The van der Waals surface area contributed by atoms with Crippen LogP contribution in [0.15, 0.2) is 35.3 Å². The van der Waals surface area contributed by atoms with Crippen LogP contribution in [0.25, 0.3) is 10.9 Å². The summed E-state index contributed by atoms with van der Waals surface area (Å²) in [5.74, 6) is 0. The second-order valence-electron chi connectivity index (χ2n) is 6.66. The Bertz CT molecular complexity index is 748. The molecule has 110 valence electrons. The minimum absolute atomic E-state index is 0.0152. The van der Waals surface area contributed by atoms with Gasteiger partial charge in [-0.25, -0.2) is 0 Å². The zero-order chi connectivity index (χ0) is 15.4. The minimum atomic E-state index is -0.440. The van der Waals surface area contributed by atoms with Gasteiger partial charge in [-0.2, -0.15) is 0 Å². The largest absolute Gasteiger partial charge is 0.494 e. The highest BCUT2D eigenvalue weighted by Crippen LogP contribution is 2.36. The molecule has 3 rings (SSSR count). The first-order valence-electron chi connectivity index (χ1n) is 7.16. The molecule has 5 heteroatoms. The molecular weight excluding hydrogens is 265 g/mol. The Balaban J connectivity index is 2.08. The number of aromatic nitrogens is 1. The molecule has 2 heterocycles. The summed E-state index contributed by atoms with van der Waals surface area (Å²) in [6, 6.07) is 7.36. The molecule has 0 amide bonds. The van der Waals surface area contributed by atoms with E-state index in [4.69, 9.17) is 9.31 Å². The summed E-state index contributed by atoms with van der Waals surface area (Å²) in [7, 11) is 1.49. The molecule has 0 radical (unpaired) electrons. The summed E-state index contributed by atoms with van der Waals surface area (Å²) in [6.45, 7) is 8.08. The molecular formula is C16H20BNO3. The molecule has 1 fully saturated rings. The second kappa shape index (κ2) is 4.45. The van der Waals surface area contributed by atoms with E-state index >= 15 is 0 Å². The van der Waals surface area contributed by atoms with Gasteiger partial charge in [-0.15, -0.1) is 0 Å². The van der Waals surface area contributed by atoms with Gasteiger partial charge < -0.3 is 13.9 Å². The van der Waals surface area contributed by atoms with E-state index in [1.165, 1.54) is 0 Å². The Morgan fingerprint density at radius 3 is 2.29 bits per heavy atom. The zero-order valence-electron chi connectivity index (χ0n) is 13.1. The molecule has 1 aliphatic rings. The van der Waals surface area contributed by atoms with Gasteiger partial charge in [-0.3, -0.25) is 4.79 Å². The Labute approximate surface area is 124 Å². The van der Waals surface area contributed by atoms with Crippen LogP contribution in [0.1, 0.15) is 27.7 Å². The van der Waals surface area contributed by atoms with Gasteiger partial charge in [0.25, 0.3) is 0 Å². The molecule has 0 N–H and O–H groups in total. The zero-order valence-corrected chi connectivity index (χ0v) is 13.1. The average molecular weight is 285 g/mol. The molecule has 1 aromatic carbocycles. The standard InChI is InChI=1S/C16H20BNO3/c1-15(2)16(3,4)21-17(20-15)11-6-7-13-12(10-11)14(19)8-9-18(13)5/h6-10H,1-5H3. The van der Waals surface area contributed by atoms with E-state index in [-0.39, 0.29) is 16.6 Å². The molecule has 1 saturated heterocycles. The van der Waals surface area contributed by atoms with Gasteiger partial charge in [0.05, 0.1) is 16.7 Å². The van der Waals surface area contributed by atoms with E-state index < -0.39 is 7.12 Å². The van der Waals surface area contributed by atoms with E-state index in [9.17, 15) is 4.79 Å². The average Bonchev–Trinajstić information content (AvgIpc) is 2.63. The third-order valence-corrected chi connectivity index (χ3v) is 4.64. The van der Waals surface area contributed by atoms with E-state index in [1.54, 1.807) is 12.3 Å². The molecule has 0 aliphatic carbocycles. The number of nitrogens with zero attached hydrogens (tertiary/aromatic N) is 1. The number of pyridine rings is 1. The van der Waals surface area contributed by atoms with Crippen molar-refractivity contribution in [2.45, 2.75) is 38.9 Å². The van der Waals surface area contributed by atoms with Crippen molar-refractivity contribution in [2.75, 3.05) is 0 Å². The van der Waals surface area contributed by atoms with Crippen molar-refractivity contribution in [1.29, 1.82) is 0 Å². The van der Waals surface area contributed by atoms with Crippen molar-refractivity contribution >= 4 is 23.5 Å². The number of hydrogen-bond acceptors (Lipinski definition) is 3. The Hall–Kier alpha value is -1.59. The normalized spacial score (nSPS) is 20.1. The van der Waals surface area contributed by atoms with Gasteiger partial charge in [0.2, 0.25) is 0 Å². The fraction of sp³-hybridized carbons (Fsp3) is 0.438. The number of rotatable bonds is 1. The SMILES string of the molecule is Cn1ccc(=O)c2cc(B3OC(C)(C)C(C)(C)O3)ccc21. The lowest BCUT2D eigenvalue weighted by molar-refractivity contribution is 0.00578. The highest BCUT2D eigenvalue weighted by molar-refractivity contribution is 6.62. The topological polar surface area (TPSA) is 40.5 Å². The third kappa shape index (κ3) is 2.21. The van der Waals surface area contributed by atoms with Gasteiger partial charge >= 0.3 is 7.12 Å². The van der Waals surface area contributed by atoms with Crippen molar-refractivity contribution in [3.8, 4) is 0 Å². The molecule has 0 saturated carbocycles. The summed E-state index contributed by atoms with van der Waals surface area (Å²) in [6.07, 6.45) is 1.78. The Morgan fingerprint density at radius 2 is 1.67 bits per heavy atom. The Morgan fingerprint density at radius 1 is 1.05 bits per heavy atom. The maximum atomic E-state index is 12.1. The van der Waals surface area contributed by atoms with Gasteiger partial charge in [0.1, 0.15) is 0 Å². The van der Waals surface area contributed by atoms with E-state index in [2.05, 4.69) is 0 Å². The van der Waals surface area contributed by atoms with Crippen molar-refractivity contribution in [1.82, 2.24) is 4.57 Å². The van der Waals surface area contributed by atoms with Crippen molar-refractivity contribution in [3.05, 3.63) is 40.7 Å². The molecule has 1 aliphatic heterocycles. The lowest BCUT2D eigenvalue weighted by atomic mass is 9.78. The molecule has 4 nitrogen and oxygen atoms in total. The van der Waals surface area contributed by atoms with Gasteiger partial charge in [-0.1, -0.05) is 6.07 Å². The fourth-order valence-corrected chi connectivity index (χ4v) is 2.53. The first-order valence-corrected chi connectivity index (χ1v) is 7.16. The van der Waals surface area contributed by atoms with E-state index in [0.29, 0.717) is 5.39 Å². The quantitative estimate of drug-likeness (QED) is 0.751. The van der Waals surface area contributed by atoms with Gasteiger partial charge in [0, 0.05) is 24.7 Å². The number of fused-ring (bicyclic) bond motifs is 1. The third-order valence-electron chi connectivity index (χ3n) is 4.64. The molecule has 2 aromatic rings. The fourth-order valence-electron chi connectivity index (χ4n) is 2.53. The predicted molar refractivity (Wildman–Crippen MR) is 84.9 cm³/mol. The van der Waals surface area contributed by atoms with E-state index in [1.807, 2.05) is 57.5 Å². The predicted octanol–water partition coefficient (Wildman–Crippen LogP) is 1.84. The molecule has 21 heavy (non-hydrogen) atoms. The van der Waals surface area contributed by atoms with Crippen LogP contribution in [0.5, 0.6) is 0 Å². The van der Waals surface area contributed by atoms with Gasteiger partial charge in [-0.05, 0) is 45.3 Å². The molecule has 0 unspecified atom stereocenters. The molecule has 0 spiro atoms. The minimum Gasteiger partial charge on any atom is -0.399 e. The monoisotopic (exact) mass is 285 g/mol. The molecule has 1 aromatic heterocycles. The summed E-state index contributed by atoms with van der Waals surface area (Å²) in [4.78, 5) is 12.1. The first-order chi connectivity index (χ1) is 9.71. The van der Waals surface area contributed by atoms with Crippen LogP contribution >= 0.6 is 0 Å². The highest BCUT2D eigenvalue weighted by atomic mass is 16.7. The maximum absolute atomic E-state index is 12.1. The maximum Gasteiger partial charge on any atom is 0.494 e. The summed E-state index contributed by atoms with van der Waals surface area (Å²) in [5, 5.41) is 0.687. The summed E-state index contributed by atoms with van der Waals surface area (Å²) >= 11 is 0. The second-order valence-corrected chi connectivity index (χ2v) is 6.66. The van der Waals surface area contributed by atoms with Crippen LogP contribution in [-0.2, 0) is 16.4 Å². The lowest BCUT2D eigenvalue weighted by Crippen LogP contribution is -2.41. The number of benzene rings is 1.